The van der Waals surface area contributed by atoms with Crippen molar-refractivity contribution in [2.24, 2.45) is 0 Å². The summed E-state index contributed by atoms with van der Waals surface area (Å²) in [6.07, 6.45) is -1.04. The van der Waals surface area contributed by atoms with Crippen molar-refractivity contribution in [1.29, 1.82) is 5.26 Å². The van der Waals surface area contributed by atoms with Crippen molar-refractivity contribution in [3.63, 3.8) is 0 Å². The fourth-order valence-corrected chi connectivity index (χ4v) is 2.54. The number of para-hydroxylation sites is 2. The smallest absolute Gasteiger partial charge is 0.338 e. The molecule has 7 nitrogen and oxygen atoms in total. The topological polar surface area (TPSA) is 119 Å². The Kier molecular flexibility index (Phi) is 5.20. The zero-order valence-electron chi connectivity index (χ0n) is 14.5. The fraction of sp³-hybridized carbons (Fsp3) is 0.150. The number of aromatic amines is 1. The van der Waals surface area contributed by atoms with Crippen molar-refractivity contribution >= 4 is 22.6 Å². The van der Waals surface area contributed by atoms with Crippen LogP contribution in [0.3, 0.4) is 0 Å². The maximum atomic E-state index is 12.2. The lowest BCUT2D eigenvalue weighted by atomic mass is 10.1. The number of nitriles is 1. The second kappa shape index (κ2) is 7.72. The molecule has 0 aliphatic heterocycles. The summed E-state index contributed by atoms with van der Waals surface area (Å²) in [7, 11) is 0. The van der Waals surface area contributed by atoms with Crippen molar-refractivity contribution in [2.45, 2.75) is 19.6 Å². The number of H-pyrrole nitrogens is 1. The first-order valence-corrected chi connectivity index (χ1v) is 8.22. The first-order chi connectivity index (χ1) is 13.0. The van der Waals surface area contributed by atoms with Crippen LogP contribution in [0.4, 0.5) is 0 Å². The molecule has 0 saturated carbocycles. The summed E-state index contributed by atoms with van der Waals surface area (Å²) in [5.74, 6) is -0.844. The van der Waals surface area contributed by atoms with Gasteiger partial charge in [0, 0.05) is 0 Å². The van der Waals surface area contributed by atoms with Crippen LogP contribution in [0.25, 0.3) is 16.6 Å². The van der Waals surface area contributed by atoms with Crippen molar-refractivity contribution < 1.29 is 19.7 Å². The number of hydrogen-bond donors (Lipinski definition) is 3. The molecule has 0 aliphatic rings. The van der Waals surface area contributed by atoms with Gasteiger partial charge in [-0.2, -0.15) is 5.26 Å². The molecule has 7 heteroatoms. The summed E-state index contributed by atoms with van der Waals surface area (Å²) >= 11 is 0. The number of nitrogens with one attached hydrogen (secondary N) is 1. The predicted octanol–water partition coefficient (Wildman–Crippen LogP) is 3.09. The molecule has 27 heavy (non-hydrogen) atoms. The summed E-state index contributed by atoms with van der Waals surface area (Å²) in [4.78, 5) is 19.5. The monoisotopic (exact) mass is 363 g/mol. The maximum Gasteiger partial charge on any atom is 0.338 e. The number of rotatable bonds is 5. The Morgan fingerprint density at radius 2 is 1.96 bits per heavy atom. The predicted molar refractivity (Wildman–Crippen MR) is 98.5 cm³/mol. The van der Waals surface area contributed by atoms with Gasteiger partial charge in [-0.15, -0.1) is 0 Å². The van der Waals surface area contributed by atoms with E-state index in [1.165, 1.54) is 19.1 Å². The molecule has 0 radical (unpaired) electrons. The minimum atomic E-state index is -1.04. The minimum Gasteiger partial charge on any atom is -0.507 e. The number of aliphatic hydroxyl groups excluding tert-OH is 2. The minimum absolute atomic E-state index is 0.0953. The summed E-state index contributed by atoms with van der Waals surface area (Å²) in [6, 6.07) is 15.4. The summed E-state index contributed by atoms with van der Waals surface area (Å²) in [5, 5.41) is 28.9. The molecule has 1 atom stereocenters. The lowest BCUT2D eigenvalue weighted by molar-refractivity contribution is 0.0334. The van der Waals surface area contributed by atoms with Gasteiger partial charge in [-0.3, -0.25) is 0 Å². The van der Waals surface area contributed by atoms with Crippen LogP contribution < -0.4 is 0 Å². The largest absolute Gasteiger partial charge is 0.507 e. The van der Waals surface area contributed by atoms with Gasteiger partial charge in [-0.1, -0.05) is 24.3 Å². The van der Waals surface area contributed by atoms with Crippen LogP contribution in [-0.4, -0.2) is 32.3 Å². The van der Waals surface area contributed by atoms with E-state index in [1.54, 1.807) is 24.3 Å². The van der Waals surface area contributed by atoms with Crippen LogP contribution in [0.5, 0.6) is 0 Å². The first-order valence-electron chi connectivity index (χ1n) is 8.22. The molecule has 3 rings (SSSR count). The van der Waals surface area contributed by atoms with E-state index in [1.807, 2.05) is 18.2 Å². The molecule has 0 bridgehead atoms. The zero-order chi connectivity index (χ0) is 19.4. The Balaban J connectivity index is 1.83. The molecule has 0 amide bonds. The number of nitrogens with zero attached hydrogens (tertiary/aromatic N) is 2. The maximum absolute atomic E-state index is 12.2. The van der Waals surface area contributed by atoms with E-state index in [9.17, 15) is 15.2 Å². The van der Waals surface area contributed by atoms with E-state index in [0.717, 1.165) is 5.52 Å². The molecule has 2 aromatic carbocycles. The number of aromatic nitrogens is 2. The third-order valence-electron chi connectivity index (χ3n) is 4.04. The summed E-state index contributed by atoms with van der Waals surface area (Å²) in [5.41, 5.74) is 2.22. The molecule has 0 fully saturated rings. The number of carbonyl (C=O) groups excluding carboxylic acids is 1. The molecule has 3 N–H and O–H groups in total. The van der Waals surface area contributed by atoms with Gasteiger partial charge < -0.3 is 19.9 Å². The number of benzene rings is 2. The van der Waals surface area contributed by atoms with Crippen molar-refractivity contribution in [2.75, 3.05) is 0 Å². The van der Waals surface area contributed by atoms with Crippen LogP contribution >= 0.6 is 0 Å². The highest BCUT2D eigenvalue weighted by Crippen LogP contribution is 2.21. The van der Waals surface area contributed by atoms with E-state index in [0.29, 0.717) is 11.1 Å². The van der Waals surface area contributed by atoms with Crippen LogP contribution in [0.2, 0.25) is 0 Å². The normalized spacial score (nSPS) is 12.9. The van der Waals surface area contributed by atoms with E-state index in [-0.39, 0.29) is 23.6 Å². The van der Waals surface area contributed by atoms with Gasteiger partial charge >= 0.3 is 5.97 Å². The Hall–Kier alpha value is -3.63. The molecule has 136 valence electrons. The first kappa shape index (κ1) is 18.2. The van der Waals surface area contributed by atoms with Crippen molar-refractivity contribution in [3.8, 4) is 6.07 Å². The number of aliphatic hydroxyl groups is 2. The number of esters is 1. The second-order valence-corrected chi connectivity index (χ2v) is 5.88. The molecule has 1 aromatic heterocycles. The van der Waals surface area contributed by atoms with Gasteiger partial charge in [0.2, 0.25) is 0 Å². The quantitative estimate of drug-likeness (QED) is 0.364. The van der Waals surface area contributed by atoms with Gasteiger partial charge in [0.15, 0.2) is 17.7 Å². The summed E-state index contributed by atoms with van der Waals surface area (Å²) in [6.45, 7) is 1.34. The van der Waals surface area contributed by atoms with Gasteiger partial charge in [0.1, 0.15) is 11.6 Å². The average Bonchev–Trinajstić information content (AvgIpc) is 3.12. The standard InChI is InChI=1S/C20H17N3O4/c1-12(27-20(26)14-8-6-13(11-24)7-9-14)18(25)15(10-21)19-22-16-4-2-3-5-17(16)23-19/h2-9,12,24-25H,11H2,1H3,(H,22,23)/b18-15-/t12-/m0/s1. The van der Waals surface area contributed by atoms with Crippen LogP contribution in [0.1, 0.15) is 28.7 Å². The SMILES string of the molecule is C[C@H](OC(=O)c1ccc(CO)cc1)/C(O)=C(\C#N)c1nc2ccccc2[nH]1. The molecule has 0 aliphatic carbocycles. The van der Waals surface area contributed by atoms with E-state index < -0.39 is 17.8 Å². The van der Waals surface area contributed by atoms with Gasteiger partial charge in [0.05, 0.1) is 23.2 Å². The fourth-order valence-electron chi connectivity index (χ4n) is 2.54. The highest BCUT2D eigenvalue weighted by molar-refractivity contribution is 5.90. The van der Waals surface area contributed by atoms with Crippen LogP contribution in [0, 0.1) is 11.3 Å². The van der Waals surface area contributed by atoms with E-state index in [2.05, 4.69) is 9.97 Å². The van der Waals surface area contributed by atoms with Gasteiger partial charge in [0.25, 0.3) is 0 Å². The second-order valence-electron chi connectivity index (χ2n) is 5.88. The van der Waals surface area contributed by atoms with Gasteiger partial charge in [-0.05, 0) is 36.8 Å². The Morgan fingerprint density at radius 3 is 2.59 bits per heavy atom. The third-order valence-corrected chi connectivity index (χ3v) is 4.04. The highest BCUT2D eigenvalue weighted by atomic mass is 16.6. The van der Waals surface area contributed by atoms with Crippen molar-refractivity contribution in [1.82, 2.24) is 9.97 Å². The van der Waals surface area contributed by atoms with E-state index in [4.69, 9.17) is 9.84 Å². The molecule has 0 unspecified atom stereocenters. The number of hydrogen-bond acceptors (Lipinski definition) is 6. The van der Waals surface area contributed by atoms with Crippen LogP contribution in [-0.2, 0) is 11.3 Å². The highest BCUT2D eigenvalue weighted by Gasteiger charge is 2.21. The molecular formula is C20H17N3O4. The number of allylic oxidation sites excluding steroid dienone is 1. The van der Waals surface area contributed by atoms with E-state index >= 15 is 0 Å². The number of ether oxygens (including phenoxy) is 1. The van der Waals surface area contributed by atoms with Crippen molar-refractivity contribution in [3.05, 3.63) is 71.2 Å². The Bertz CT molecular complexity index is 1010. The molecule has 3 aromatic rings. The average molecular weight is 363 g/mol. The Morgan fingerprint density at radius 1 is 1.26 bits per heavy atom. The van der Waals surface area contributed by atoms with Crippen LogP contribution in [0.15, 0.2) is 54.3 Å². The molecule has 1 heterocycles. The number of fused-ring (bicyclic) bond motifs is 1. The lowest BCUT2D eigenvalue weighted by Gasteiger charge is -2.13. The lowest BCUT2D eigenvalue weighted by Crippen LogP contribution is -2.18. The number of carbonyl (C=O) groups is 1. The number of imidazole rings is 1. The molecule has 0 saturated heterocycles. The molecular weight excluding hydrogens is 346 g/mol. The molecule has 0 spiro atoms. The zero-order valence-corrected chi connectivity index (χ0v) is 14.5. The van der Waals surface area contributed by atoms with Gasteiger partial charge in [-0.25, -0.2) is 9.78 Å². The summed E-state index contributed by atoms with van der Waals surface area (Å²) < 4.78 is 5.25. The third kappa shape index (κ3) is 3.81. The Labute approximate surface area is 155 Å².